The highest BCUT2D eigenvalue weighted by Crippen LogP contribution is 2.27. The lowest BCUT2D eigenvalue weighted by atomic mass is 10.3. The number of carbonyl (C=O) groups is 1. The Balaban J connectivity index is 1.69. The van der Waals surface area contributed by atoms with Gasteiger partial charge in [0.2, 0.25) is 5.91 Å². The average Bonchev–Trinajstić information content (AvgIpc) is 3.21. The van der Waals surface area contributed by atoms with Crippen LogP contribution >= 0.6 is 34.7 Å². The Labute approximate surface area is 160 Å². The molecule has 0 radical (unpaired) electrons. The summed E-state index contributed by atoms with van der Waals surface area (Å²) in [7, 11) is 0. The molecule has 0 saturated heterocycles. The van der Waals surface area contributed by atoms with Crippen LogP contribution in [0, 0.1) is 0 Å². The van der Waals surface area contributed by atoms with Crippen molar-refractivity contribution >= 4 is 51.6 Å². The van der Waals surface area contributed by atoms with Crippen molar-refractivity contribution in [2.45, 2.75) is 38.0 Å². The van der Waals surface area contributed by atoms with E-state index in [0.29, 0.717) is 10.8 Å². The number of carbonyl (C=O) groups excluding carboxylic acids is 1. The van der Waals surface area contributed by atoms with Crippen LogP contribution < -0.4 is 5.32 Å². The van der Waals surface area contributed by atoms with Crippen LogP contribution in [0.3, 0.4) is 0 Å². The first-order valence-electron chi connectivity index (χ1n) is 8.20. The number of thioether (sulfide) groups is 1. The fourth-order valence-corrected chi connectivity index (χ4v) is 4.41. The van der Waals surface area contributed by atoms with Crippen molar-refractivity contribution in [1.29, 1.82) is 0 Å². The van der Waals surface area contributed by atoms with Gasteiger partial charge in [-0.2, -0.15) is 0 Å². The van der Waals surface area contributed by atoms with Gasteiger partial charge in [-0.25, -0.2) is 4.98 Å². The van der Waals surface area contributed by atoms with Crippen molar-refractivity contribution < 1.29 is 4.79 Å². The number of nitrogens with zero attached hydrogens (tertiary/aromatic N) is 2. The molecule has 4 nitrogen and oxygen atoms in total. The van der Waals surface area contributed by atoms with Crippen LogP contribution in [0.2, 0.25) is 5.02 Å². The van der Waals surface area contributed by atoms with Gasteiger partial charge in [-0.05, 0) is 43.0 Å². The van der Waals surface area contributed by atoms with Crippen LogP contribution in [0.15, 0.2) is 40.9 Å². The van der Waals surface area contributed by atoms with Gasteiger partial charge in [-0.1, -0.05) is 36.4 Å². The van der Waals surface area contributed by atoms with Gasteiger partial charge in [0.15, 0.2) is 5.16 Å². The van der Waals surface area contributed by atoms with E-state index in [1.54, 1.807) is 11.3 Å². The molecule has 1 N–H and O–H groups in total. The molecule has 1 amide bonds. The molecule has 3 rings (SSSR count). The van der Waals surface area contributed by atoms with E-state index < -0.39 is 0 Å². The summed E-state index contributed by atoms with van der Waals surface area (Å²) in [4.78, 5) is 18.1. The van der Waals surface area contributed by atoms with Crippen molar-refractivity contribution in [3.63, 3.8) is 0 Å². The molecule has 0 saturated carbocycles. The number of aryl methyl sites for hydroxylation is 1. The van der Waals surface area contributed by atoms with Crippen LogP contribution in [0.25, 0.3) is 11.0 Å². The third-order valence-electron chi connectivity index (χ3n) is 3.80. The topological polar surface area (TPSA) is 46.9 Å². The van der Waals surface area contributed by atoms with Gasteiger partial charge in [0.05, 0.1) is 22.8 Å². The second-order valence-corrected chi connectivity index (χ2v) is 8.13. The number of rotatable bonds is 7. The lowest BCUT2D eigenvalue weighted by molar-refractivity contribution is -0.119. The number of aromatic nitrogens is 2. The Morgan fingerprint density at radius 1 is 1.44 bits per heavy atom. The highest BCUT2D eigenvalue weighted by atomic mass is 35.5. The molecule has 1 atom stereocenters. The Morgan fingerprint density at radius 2 is 2.28 bits per heavy atom. The third kappa shape index (κ3) is 4.37. The van der Waals surface area contributed by atoms with E-state index in [-0.39, 0.29) is 11.9 Å². The van der Waals surface area contributed by atoms with E-state index >= 15 is 0 Å². The molecule has 0 bridgehead atoms. The summed E-state index contributed by atoms with van der Waals surface area (Å²) in [5, 5.41) is 6.59. The van der Waals surface area contributed by atoms with Crippen molar-refractivity contribution in [3.05, 3.63) is 45.6 Å². The van der Waals surface area contributed by atoms with E-state index in [0.717, 1.165) is 34.0 Å². The molecule has 25 heavy (non-hydrogen) atoms. The van der Waals surface area contributed by atoms with Crippen molar-refractivity contribution in [2.75, 3.05) is 5.75 Å². The first-order chi connectivity index (χ1) is 12.1. The minimum atomic E-state index is 0.0130. The van der Waals surface area contributed by atoms with E-state index in [1.165, 1.54) is 11.8 Å². The molecule has 0 aliphatic heterocycles. The maximum atomic E-state index is 12.3. The van der Waals surface area contributed by atoms with Gasteiger partial charge in [-0.15, -0.1) is 11.3 Å². The fourth-order valence-electron chi connectivity index (χ4n) is 2.65. The Morgan fingerprint density at radius 3 is 3.00 bits per heavy atom. The zero-order valence-corrected chi connectivity index (χ0v) is 16.5. The first-order valence-corrected chi connectivity index (χ1v) is 10.4. The van der Waals surface area contributed by atoms with E-state index in [2.05, 4.69) is 21.8 Å². The average molecular weight is 394 g/mol. The quantitative estimate of drug-likeness (QED) is 0.566. The number of imidazole rings is 1. The van der Waals surface area contributed by atoms with Crippen LogP contribution in [-0.2, 0) is 11.3 Å². The van der Waals surface area contributed by atoms with E-state index in [4.69, 9.17) is 11.6 Å². The summed E-state index contributed by atoms with van der Waals surface area (Å²) in [5.41, 5.74) is 1.93. The van der Waals surface area contributed by atoms with E-state index in [9.17, 15) is 4.79 Å². The number of hydrogen-bond donors (Lipinski definition) is 1. The third-order valence-corrected chi connectivity index (χ3v) is 6.07. The molecule has 0 aliphatic carbocycles. The molecule has 3 aromatic rings. The summed E-state index contributed by atoms with van der Waals surface area (Å²) < 4.78 is 2.16. The van der Waals surface area contributed by atoms with Crippen LogP contribution in [0.5, 0.6) is 0 Å². The Hall–Kier alpha value is -1.50. The van der Waals surface area contributed by atoms with Gasteiger partial charge in [0, 0.05) is 16.4 Å². The predicted octanol–water partition coefficient (Wildman–Crippen LogP) is 5.13. The monoisotopic (exact) mass is 393 g/mol. The molecule has 132 valence electrons. The lowest BCUT2D eigenvalue weighted by Crippen LogP contribution is -2.27. The second-order valence-electron chi connectivity index (χ2n) is 5.77. The van der Waals surface area contributed by atoms with Crippen LogP contribution in [0.4, 0.5) is 0 Å². The maximum Gasteiger partial charge on any atom is 0.230 e. The maximum absolute atomic E-state index is 12.3. The Bertz CT molecular complexity index is 861. The van der Waals surface area contributed by atoms with Crippen molar-refractivity contribution in [2.24, 2.45) is 0 Å². The number of benzene rings is 1. The highest BCUT2D eigenvalue weighted by Gasteiger charge is 2.15. The van der Waals surface area contributed by atoms with Gasteiger partial charge >= 0.3 is 0 Å². The minimum absolute atomic E-state index is 0.0130. The molecule has 0 spiro atoms. The molecule has 2 aromatic heterocycles. The van der Waals surface area contributed by atoms with Crippen molar-refractivity contribution in [3.8, 4) is 0 Å². The number of nitrogens with one attached hydrogen (secondary N) is 1. The molecule has 0 aliphatic rings. The molecule has 1 aromatic carbocycles. The number of hydrogen-bond acceptors (Lipinski definition) is 4. The van der Waals surface area contributed by atoms with E-state index in [1.807, 2.05) is 42.6 Å². The number of amides is 1. The van der Waals surface area contributed by atoms with Crippen LogP contribution in [-0.4, -0.2) is 21.2 Å². The standard InChI is InChI=1S/C18H20ClN3OS2/c1-3-8-22-15-7-6-13(19)10-14(15)21-18(22)25-11-17(23)20-12(2)16-5-4-9-24-16/h4-7,9-10,12H,3,8,11H2,1-2H3,(H,20,23). The second kappa shape index (κ2) is 8.25. The zero-order valence-electron chi connectivity index (χ0n) is 14.2. The van der Waals surface area contributed by atoms with Crippen molar-refractivity contribution in [1.82, 2.24) is 14.9 Å². The molecule has 1 unspecified atom stereocenters. The molecular weight excluding hydrogens is 374 g/mol. The fraction of sp³-hybridized carbons (Fsp3) is 0.333. The molecule has 7 heteroatoms. The minimum Gasteiger partial charge on any atom is -0.348 e. The van der Waals surface area contributed by atoms with Gasteiger partial charge in [-0.3, -0.25) is 4.79 Å². The number of halogens is 1. The summed E-state index contributed by atoms with van der Waals surface area (Å²) in [6, 6.07) is 9.79. The normalized spacial score (nSPS) is 12.4. The molecule has 2 heterocycles. The van der Waals surface area contributed by atoms with Crippen LogP contribution in [0.1, 0.15) is 31.2 Å². The van der Waals surface area contributed by atoms with Gasteiger partial charge < -0.3 is 9.88 Å². The number of thiophene rings is 1. The first kappa shape index (κ1) is 18.3. The summed E-state index contributed by atoms with van der Waals surface area (Å²) >= 11 is 9.19. The SMILES string of the molecule is CCCn1c(SCC(=O)NC(C)c2cccs2)nc2cc(Cl)ccc21. The van der Waals surface area contributed by atoms with Gasteiger partial charge in [0.25, 0.3) is 0 Å². The summed E-state index contributed by atoms with van der Waals surface area (Å²) in [6.45, 7) is 5.00. The predicted molar refractivity (Wildman–Crippen MR) is 107 cm³/mol. The number of fused-ring (bicyclic) bond motifs is 1. The highest BCUT2D eigenvalue weighted by molar-refractivity contribution is 7.99. The molecular formula is C18H20ClN3OS2. The summed E-state index contributed by atoms with van der Waals surface area (Å²) in [5.74, 6) is 0.357. The largest absolute Gasteiger partial charge is 0.348 e. The zero-order chi connectivity index (χ0) is 17.8. The Kier molecular flexibility index (Phi) is 6.04. The van der Waals surface area contributed by atoms with Gasteiger partial charge in [0.1, 0.15) is 0 Å². The summed E-state index contributed by atoms with van der Waals surface area (Å²) in [6.07, 6.45) is 1.00. The molecule has 0 fully saturated rings. The lowest BCUT2D eigenvalue weighted by Gasteiger charge is -2.12. The smallest absolute Gasteiger partial charge is 0.230 e.